The van der Waals surface area contributed by atoms with Gasteiger partial charge < -0.3 is 13.6 Å². The molecule has 0 bridgehead atoms. The van der Waals surface area contributed by atoms with Gasteiger partial charge in [0.2, 0.25) is 8.32 Å². The van der Waals surface area contributed by atoms with E-state index in [9.17, 15) is 9.59 Å². The molecular weight excluding hydrogens is 545 g/mol. The fourth-order valence-electron chi connectivity index (χ4n) is 9.05. The summed E-state index contributed by atoms with van der Waals surface area (Å²) in [6, 6.07) is 0. The monoisotopic (exact) mass is 606 g/mol. The summed E-state index contributed by atoms with van der Waals surface area (Å²) in [4.78, 5) is 28.0. The summed E-state index contributed by atoms with van der Waals surface area (Å²) in [5.74, 6) is -0.000316. The summed E-state index contributed by atoms with van der Waals surface area (Å²) in [6.07, 6.45) is 7.46. The first-order chi connectivity index (χ1) is 18.7. The molecule has 0 radical (unpaired) electrons. The number of carbonyl (C=O) groups is 2. The molecule has 236 valence electrons. The highest BCUT2D eigenvalue weighted by atomic mass is 28.4. The second-order valence-corrected chi connectivity index (χ2v) is 26.7. The van der Waals surface area contributed by atoms with Crippen LogP contribution in [0.1, 0.15) is 102 Å². The van der Waals surface area contributed by atoms with E-state index in [2.05, 4.69) is 101 Å². The molecule has 0 aromatic carbocycles. The number of allylic oxidation sites excluding steroid dienone is 1. The molecule has 0 spiro atoms. The fraction of sp³-hybridized carbons (Fsp3) is 0.882. The lowest BCUT2D eigenvalue weighted by molar-refractivity contribution is -0.182. The molecule has 0 N–H and O–H groups in total. The Hall–Kier alpha value is -0.766. The van der Waals surface area contributed by atoms with Gasteiger partial charge in [0.25, 0.3) is 0 Å². The predicted molar refractivity (Wildman–Crippen MR) is 174 cm³/mol. The van der Waals surface area contributed by atoms with Crippen molar-refractivity contribution in [1.82, 2.24) is 0 Å². The van der Waals surface area contributed by atoms with E-state index in [1.807, 2.05) is 0 Å². The van der Waals surface area contributed by atoms with Crippen LogP contribution in [0.3, 0.4) is 0 Å². The van der Waals surface area contributed by atoms with Gasteiger partial charge in [-0.15, -0.1) is 0 Å². The van der Waals surface area contributed by atoms with Gasteiger partial charge in [-0.2, -0.15) is 0 Å². The van der Waals surface area contributed by atoms with Crippen LogP contribution >= 0.6 is 0 Å². The van der Waals surface area contributed by atoms with Crippen LogP contribution in [-0.4, -0.2) is 48.2 Å². The van der Waals surface area contributed by atoms with Crippen molar-refractivity contribution in [1.29, 1.82) is 0 Å². The number of Topliss-reactive ketones (excluding diaryl/α,β-unsaturated/α-hetero) is 1. The number of hydrogen-bond acceptors (Lipinski definition) is 5. The summed E-state index contributed by atoms with van der Waals surface area (Å²) < 4.78 is 19.4. The topological polar surface area (TPSA) is 61.8 Å². The van der Waals surface area contributed by atoms with Gasteiger partial charge in [-0.25, -0.2) is 0 Å². The Bertz CT molecular complexity index is 974. The maximum Gasteiger partial charge on any atom is 0.320 e. The van der Waals surface area contributed by atoms with Crippen molar-refractivity contribution in [2.45, 2.75) is 143 Å². The van der Waals surface area contributed by atoms with Crippen LogP contribution in [0.4, 0.5) is 0 Å². The fourth-order valence-corrected chi connectivity index (χ4v) is 15.8. The molecule has 0 aromatic heterocycles. The molecule has 7 atom stereocenters. The molecule has 41 heavy (non-hydrogen) atoms. The van der Waals surface area contributed by atoms with Gasteiger partial charge in [-0.05, 0) is 71.3 Å². The quantitative estimate of drug-likeness (QED) is 0.113. The molecule has 7 heteroatoms. The lowest BCUT2D eigenvalue weighted by atomic mass is 9.43. The average Bonchev–Trinajstić information content (AvgIpc) is 2.86. The van der Waals surface area contributed by atoms with Crippen molar-refractivity contribution in [2.24, 2.45) is 34.5 Å². The highest BCUT2D eigenvalue weighted by molar-refractivity contribution is 6.77. The van der Waals surface area contributed by atoms with E-state index in [0.29, 0.717) is 36.1 Å². The molecule has 0 aromatic rings. The molecule has 0 aliphatic heterocycles. The van der Waals surface area contributed by atoms with E-state index in [1.165, 1.54) is 7.11 Å². The highest BCUT2D eigenvalue weighted by Gasteiger charge is 2.67. The third kappa shape index (κ3) is 5.75. The minimum atomic E-state index is -2.06. The molecule has 0 saturated heterocycles. The van der Waals surface area contributed by atoms with Gasteiger partial charge in [0.05, 0.1) is 7.11 Å². The van der Waals surface area contributed by atoms with Crippen molar-refractivity contribution >= 4 is 28.4 Å². The van der Waals surface area contributed by atoms with E-state index in [-0.39, 0.29) is 52.0 Å². The Morgan fingerprint density at radius 3 is 2.10 bits per heavy atom. The van der Waals surface area contributed by atoms with E-state index in [1.54, 1.807) is 0 Å². The number of rotatable bonds is 9. The second kappa shape index (κ2) is 12.0. The summed E-state index contributed by atoms with van der Waals surface area (Å²) in [7, 11) is -2.58. The van der Waals surface area contributed by atoms with Gasteiger partial charge in [0.1, 0.15) is 5.41 Å². The smallest absolute Gasteiger partial charge is 0.320 e. The number of hydrogen-bond donors (Lipinski definition) is 0. The van der Waals surface area contributed by atoms with Gasteiger partial charge in [-0.1, -0.05) is 88.3 Å². The van der Waals surface area contributed by atoms with E-state index in [0.717, 1.165) is 12.8 Å². The first-order valence-corrected chi connectivity index (χ1v) is 21.4. The van der Waals surface area contributed by atoms with Crippen LogP contribution in [0.2, 0.25) is 34.8 Å². The molecule has 2 saturated carbocycles. The first-order valence-electron chi connectivity index (χ1n) is 16.3. The minimum Gasteiger partial charge on any atom is -0.468 e. The highest BCUT2D eigenvalue weighted by Crippen LogP contribution is 2.64. The normalized spacial score (nSPS) is 34.7. The van der Waals surface area contributed by atoms with Gasteiger partial charge >= 0.3 is 5.97 Å². The molecule has 0 amide bonds. The van der Waals surface area contributed by atoms with Gasteiger partial charge in [0.15, 0.2) is 14.1 Å². The van der Waals surface area contributed by atoms with E-state index < -0.39 is 22.0 Å². The summed E-state index contributed by atoms with van der Waals surface area (Å²) in [5.41, 5.74) is 0.274. The van der Waals surface area contributed by atoms with Gasteiger partial charge in [0, 0.05) is 31.0 Å². The van der Waals surface area contributed by atoms with Crippen LogP contribution in [-0.2, 0) is 23.2 Å². The summed E-state index contributed by atoms with van der Waals surface area (Å²) >= 11 is 0. The number of fused-ring (bicyclic) bond motifs is 3. The van der Waals surface area contributed by atoms with Crippen LogP contribution in [0.5, 0.6) is 0 Å². The zero-order chi connectivity index (χ0) is 31.3. The Kier molecular flexibility index (Phi) is 10.1. The van der Waals surface area contributed by atoms with Gasteiger partial charge in [-0.3, -0.25) is 9.59 Å². The number of ether oxygens (including phenoxy) is 1. The van der Waals surface area contributed by atoms with E-state index in [4.69, 9.17) is 13.6 Å². The second-order valence-electron chi connectivity index (χ2n) is 16.5. The minimum absolute atomic E-state index is 0.0235. The van der Waals surface area contributed by atoms with Crippen LogP contribution in [0.15, 0.2) is 12.2 Å². The molecule has 0 unspecified atom stereocenters. The molecule has 5 nitrogen and oxygen atoms in total. The zero-order valence-corrected chi connectivity index (χ0v) is 30.9. The maximum atomic E-state index is 14.3. The Balaban J connectivity index is 1.95. The molecule has 3 aliphatic rings. The first kappa shape index (κ1) is 34.7. The standard InChI is InChI=1S/C34H62O5Si2/c1-22(2)41(23(3)4,24(5)6)39-28-17-18-33(11)27(25(28)7)19-30(35)34(31(36)37-12)20-26(15-16-29(33)34)21-38-40(13,14)32(8,9)10/h15-16,22-29H,17-21H2,1-14H3/t25-,26+,27-,28-,29+,33-,34-/m0/s1. The van der Waals surface area contributed by atoms with Crippen molar-refractivity contribution < 1.29 is 23.2 Å². The van der Waals surface area contributed by atoms with Crippen molar-refractivity contribution in [2.75, 3.05) is 13.7 Å². The average molecular weight is 607 g/mol. The van der Waals surface area contributed by atoms with Crippen LogP contribution < -0.4 is 0 Å². The number of methoxy groups -OCH3 is 1. The molecule has 3 aliphatic carbocycles. The Morgan fingerprint density at radius 2 is 1.61 bits per heavy atom. The van der Waals surface area contributed by atoms with Crippen molar-refractivity contribution in [3.8, 4) is 0 Å². The number of esters is 1. The SMILES string of the molecule is COC(=O)[C@@]12C[C@H](CO[Si](C)(C)C(C)(C)C)C=C[C@@H]1[C@@]1(C)CC[C@H](O[Si](C(C)C)(C(C)C)C(C)C)[C@@H](C)[C@@H]1CC2=O. The van der Waals surface area contributed by atoms with E-state index >= 15 is 0 Å². The summed E-state index contributed by atoms with van der Waals surface area (Å²) in [6.45, 7) is 30.5. The number of carbonyl (C=O) groups excluding carboxylic acids is 2. The van der Waals surface area contributed by atoms with Crippen molar-refractivity contribution in [3.63, 3.8) is 0 Å². The molecular formula is C34H62O5Si2. The lowest BCUT2D eigenvalue weighted by Gasteiger charge is -2.61. The summed E-state index contributed by atoms with van der Waals surface area (Å²) in [5, 5.41) is 0.104. The largest absolute Gasteiger partial charge is 0.468 e. The third-order valence-corrected chi connectivity index (χ3v) is 23.0. The number of ketones is 1. The van der Waals surface area contributed by atoms with Crippen molar-refractivity contribution in [3.05, 3.63) is 12.2 Å². The zero-order valence-electron chi connectivity index (χ0n) is 28.9. The molecule has 2 fully saturated rings. The Labute approximate surface area is 254 Å². The Morgan fingerprint density at radius 1 is 1.05 bits per heavy atom. The third-order valence-electron chi connectivity index (χ3n) is 12.4. The molecule has 3 rings (SSSR count). The van der Waals surface area contributed by atoms with Crippen LogP contribution in [0, 0.1) is 34.5 Å². The predicted octanol–water partition coefficient (Wildman–Crippen LogP) is 8.95. The molecule has 0 heterocycles. The maximum absolute atomic E-state index is 14.3. The lowest BCUT2D eigenvalue weighted by Crippen LogP contribution is -2.64. The van der Waals surface area contributed by atoms with Crippen LogP contribution in [0.25, 0.3) is 0 Å².